The number of aryl methyl sites for hydroxylation is 1. The van der Waals surface area contributed by atoms with E-state index < -0.39 is 5.91 Å². The third kappa shape index (κ3) is 3.48. The van der Waals surface area contributed by atoms with Crippen LogP contribution < -0.4 is 11.1 Å². The topological polar surface area (TPSA) is 96.7 Å². The Morgan fingerprint density at radius 2 is 2.20 bits per heavy atom. The largest absolute Gasteiger partial charge is 0.365 e. The summed E-state index contributed by atoms with van der Waals surface area (Å²) < 4.78 is 15.4. The Morgan fingerprint density at radius 1 is 1.44 bits per heavy atom. The first kappa shape index (κ1) is 17.0. The fourth-order valence-electron chi connectivity index (χ4n) is 3.22. The van der Waals surface area contributed by atoms with Gasteiger partial charge in [0.25, 0.3) is 5.91 Å². The predicted octanol–water partition coefficient (Wildman–Crippen LogP) is 3.43. The molecule has 3 rings (SSSR count). The van der Waals surface area contributed by atoms with Gasteiger partial charge in [-0.05, 0) is 37.5 Å². The molecule has 25 heavy (non-hydrogen) atoms. The number of nitrogens with one attached hydrogen (secondary N) is 1. The number of anilines is 2. The highest BCUT2D eigenvalue weighted by atomic mass is 19.1. The van der Waals surface area contributed by atoms with Crippen molar-refractivity contribution in [3.8, 4) is 6.07 Å². The summed E-state index contributed by atoms with van der Waals surface area (Å²) in [4.78, 5) is 11.8. The van der Waals surface area contributed by atoms with E-state index in [2.05, 4.69) is 16.5 Å². The van der Waals surface area contributed by atoms with Gasteiger partial charge >= 0.3 is 0 Å². The number of aromatic nitrogens is 2. The summed E-state index contributed by atoms with van der Waals surface area (Å²) in [5, 5.41) is 16.8. The molecule has 130 valence electrons. The maximum absolute atomic E-state index is 13.7. The van der Waals surface area contributed by atoms with Crippen LogP contribution in [0.15, 0.2) is 24.4 Å². The maximum Gasteiger partial charge on any atom is 0.254 e. The Kier molecular flexibility index (Phi) is 4.70. The summed E-state index contributed by atoms with van der Waals surface area (Å²) in [6.45, 7) is 1.67. The van der Waals surface area contributed by atoms with Crippen LogP contribution in [0.25, 0.3) is 0 Å². The smallest absolute Gasteiger partial charge is 0.254 e. The number of carbonyl (C=O) groups is 1. The lowest BCUT2D eigenvalue weighted by molar-refractivity contribution is 0.100. The molecule has 1 fully saturated rings. The predicted molar refractivity (Wildman–Crippen MR) is 91.8 cm³/mol. The van der Waals surface area contributed by atoms with Gasteiger partial charge in [-0.1, -0.05) is 18.9 Å². The molecule has 1 aromatic carbocycles. The molecule has 1 saturated carbocycles. The number of hydrogen-bond acceptors (Lipinski definition) is 4. The zero-order valence-corrected chi connectivity index (χ0v) is 14.0. The molecule has 0 radical (unpaired) electrons. The zero-order valence-electron chi connectivity index (χ0n) is 14.0. The lowest BCUT2D eigenvalue weighted by Gasteiger charge is -2.26. The number of halogens is 1. The third-order valence-electron chi connectivity index (χ3n) is 4.67. The summed E-state index contributed by atoms with van der Waals surface area (Å²) in [6, 6.07) is 6.94. The molecule has 3 N–H and O–H groups in total. The number of nitrogens with zero attached hydrogens (tertiary/aromatic N) is 3. The SMILES string of the molecule is Cc1ccc(Nc2nn([C@H]3CCCCC3C#N)cc2C(N)=O)cc1F. The normalized spacial score (nSPS) is 20.0. The highest BCUT2D eigenvalue weighted by Crippen LogP contribution is 2.34. The van der Waals surface area contributed by atoms with Gasteiger partial charge in [0.05, 0.1) is 18.0 Å². The van der Waals surface area contributed by atoms with Gasteiger partial charge in [0.2, 0.25) is 0 Å². The number of amides is 1. The fourth-order valence-corrected chi connectivity index (χ4v) is 3.22. The van der Waals surface area contributed by atoms with E-state index in [1.807, 2.05) is 0 Å². The molecule has 1 aliphatic carbocycles. The first-order chi connectivity index (χ1) is 12.0. The quantitative estimate of drug-likeness (QED) is 0.890. The van der Waals surface area contributed by atoms with Crippen LogP contribution in [0.3, 0.4) is 0 Å². The van der Waals surface area contributed by atoms with E-state index in [0.717, 1.165) is 25.7 Å². The summed E-state index contributed by atoms with van der Waals surface area (Å²) in [5.74, 6) is -0.829. The molecule has 0 aliphatic heterocycles. The number of rotatable bonds is 4. The lowest BCUT2D eigenvalue weighted by Crippen LogP contribution is -2.22. The first-order valence-corrected chi connectivity index (χ1v) is 8.31. The Balaban J connectivity index is 1.93. The van der Waals surface area contributed by atoms with E-state index in [1.165, 1.54) is 6.07 Å². The molecular formula is C18H20FN5O. The second-order valence-corrected chi connectivity index (χ2v) is 6.41. The standard InChI is InChI=1S/C18H20FN5O/c1-11-6-7-13(8-15(11)19)22-18-14(17(21)25)10-24(23-18)16-5-3-2-4-12(16)9-20/h6-8,10,12,16H,2-5H2,1H3,(H2,21,25)(H,22,23)/t12?,16-/m0/s1. The van der Waals surface area contributed by atoms with Crippen LogP contribution in [-0.2, 0) is 0 Å². The molecule has 1 amide bonds. The summed E-state index contributed by atoms with van der Waals surface area (Å²) in [7, 11) is 0. The molecule has 7 heteroatoms. The van der Waals surface area contributed by atoms with Crippen LogP contribution in [0.2, 0.25) is 0 Å². The minimum absolute atomic E-state index is 0.0813. The molecule has 0 spiro atoms. The van der Waals surface area contributed by atoms with Crippen molar-refractivity contribution in [1.82, 2.24) is 9.78 Å². The van der Waals surface area contributed by atoms with Gasteiger partial charge in [0.15, 0.2) is 5.82 Å². The van der Waals surface area contributed by atoms with Gasteiger partial charge in [-0.3, -0.25) is 9.48 Å². The zero-order chi connectivity index (χ0) is 18.0. The van der Waals surface area contributed by atoms with Crippen molar-refractivity contribution >= 4 is 17.4 Å². The van der Waals surface area contributed by atoms with E-state index in [4.69, 9.17) is 5.73 Å². The molecule has 2 atom stereocenters. The van der Waals surface area contributed by atoms with Gasteiger partial charge in [-0.2, -0.15) is 10.4 Å². The van der Waals surface area contributed by atoms with E-state index in [9.17, 15) is 14.4 Å². The van der Waals surface area contributed by atoms with Crippen LogP contribution in [0.1, 0.15) is 47.6 Å². The second kappa shape index (κ2) is 6.93. The van der Waals surface area contributed by atoms with Crippen molar-refractivity contribution in [2.24, 2.45) is 11.7 Å². The van der Waals surface area contributed by atoms with Crippen LogP contribution in [-0.4, -0.2) is 15.7 Å². The van der Waals surface area contributed by atoms with Crippen molar-refractivity contribution in [2.45, 2.75) is 38.6 Å². The fraction of sp³-hybridized carbons (Fsp3) is 0.389. The highest BCUT2D eigenvalue weighted by Gasteiger charge is 2.28. The Hall–Kier alpha value is -2.88. The molecule has 1 heterocycles. The monoisotopic (exact) mass is 341 g/mol. The molecular weight excluding hydrogens is 321 g/mol. The van der Waals surface area contributed by atoms with E-state index in [1.54, 1.807) is 29.9 Å². The number of hydrogen-bond donors (Lipinski definition) is 2. The number of nitrogens with two attached hydrogens (primary N) is 1. The molecule has 6 nitrogen and oxygen atoms in total. The maximum atomic E-state index is 13.7. The molecule has 1 aromatic heterocycles. The second-order valence-electron chi connectivity index (χ2n) is 6.41. The first-order valence-electron chi connectivity index (χ1n) is 8.31. The molecule has 0 saturated heterocycles. The van der Waals surface area contributed by atoms with Crippen LogP contribution >= 0.6 is 0 Å². The third-order valence-corrected chi connectivity index (χ3v) is 4.67. The van der Waals surface area contributed by atoms with Crippen LogP contribution in [0.4, 0.5) is 15.9 Å². The van der Waals surface area contributed by atoms with Crippen molar-refractivity contribution in [3.63, 3.8) is 0 Å². The Labute approximate surface area is 145 Å². The van der Waals surface area contributed by atoms with E-state index in [-0.39, 0.29) is 29.2 Å². The number of primary amides is 1. The van der Waals surface area contributed by atoms with Crippen molar-refractivity contribution < 1.29 is 9.18 Å². The summed E-state index contributed by atoms with van der Waals surface area (Å²) in [5.41, 5.74) is 6.70. The Morgan fingerprint density at radius 3 is 2.88 bits per heavy atom. The van der Waals surface area contributed by atoms with Gasteiger partial charge < -0.3 is 11.1 Å². The molecule has 0 bridgehead atoms. The molecule has 1 unspecified atom stereocenters. The highest BCUT2D eigenvalue weighted by molar-refractivity contribution is 5.98. The van der Waals surface area contributed by atoms with E-state index >= 15 is 0 Å². The molecule has 1 aliphatic rings. The van der Waals surface area contributed by atoms with Gasteiger partial charge in [0, 0.05) is 11.9 Å². The van der Waals surface area contributed by atoms with Crippen molar-refractivity contribution in [2.75, 3.05) is 5.32 Å². The van der Waals surface area contributed by atoms with Gasteiger partial charge in [0.1, 0.15) is 11.4 Å². The van der Waals surface area contributed by atoms with Crippen molar-refractivity contribution in [3.05, 3.63) is 41.3 Å². The van der Waals surface area contributed by atoms with E-state index in [0.29, 0.717) is 11.3 Å². The minimum atomic E-state index is -0.620. The average Bonchev–Trinajstić information content (AvgIpc) is 3.02. The minimum Gasteiger partial charge on any atom is -0.365 e. The Bertz CT molecular complexity index is 838. The lowest BCUT2D eigenvalue weighted by atomic mass is 9.85. The van der Waals surface area contributed by atoms with Gasteiger partial charge in [-0.15, -0.1) is 0 Å². The number of carbonyl (C=O) groups excluding carboxylic acids is 1. The van der Waals surface area contributed by atoms with Crippen LogP contribution in [0.5, 0.6) is 0 Å². The molecule has 2 aromatic rings. The number of benzene rings is 1. The summed E-state index contributed by atoms with van der Waals surface area (Å²) >= 11 is 0. The number of nitriles is 1. The van der Waals surface area contributed by atoms with Crippen LogP contribution in [0, 0.1) is 30.0 Å². The van der Waals surface area contributed by atoms with Gasteiger partial charge in [-0.25, -0.2) is 4.39 Å². The average molecular weight is 341 g/mol. The van der Waals surface area contributed by atoms with Crippen molar-refractivity contribution in [1.29, 1.82) is 5.26 Å². The summed E-state index contributed by atoms with van der Waals surface area (Å²) in [6.07, 6.45) is 5.26.